The van der Waals surface area contributed by atoms with Gasteiger partial charge in [0, 0.05) is 24.4 Å². The molecule has 1 saturated heterocycles. The lowest BCUT2D eigenvalue weighted by molar-refractivity contribution is -0.892. The van der Waals surface area contributed by atoms with Crippen LogP contribution in [0.3, 0.4) is 0 Å². The second-order valence-corrected chi connectivity index (χ2v) is 6.24. The molecule has 1 heterocycles. The zero-order valence-electron chi connectivity index (χ0n) is 14.3. The molecule has 7 heteroatoms. The molecule has 7 nitrogen and oxygen atoms in total. The molecule has 0 saturated carbocycles. The van der Waals surface area contributed by atoms with Gasteiger partial charge in [0.2, 0.25) is 0 Å². The van der Waals surface area contributed by atoms with Crippen molar-refractivity contribution in [3.8, 4) is 0 Å². The molecule has 1 amide bonds. The number of piperazine rings is 1. The Morgan fingerprint density at radius 1 is 1.25 bits per heavy atom. The van der Waals surface area contributed by atoms with Crippen molar-refractivity contribution in [1.82, 2.24) is 5.32 Å². The van der Waals surface area contributed by atoms with Gasteiger partial charge in [0.25, 0.3) is 11.6 Å². The predicted octanol–water partition coefficient (Wildman–Crippen LogP) is 0.606. The van der Waals surface area contributed by atoms with Gasteiger partial charge in [-0.15, -0.1) is 0 Å². The molecule has 0 aliphatic carbocycles. The van der Waals surface area contributed by atoms with Crippen molar-refractivity contribution in [2.45, 2.75) is 26.2 Å². The molecule has 0 aromatic heterocycles. The number of nitrogens with one attached hydrogen (secondary N) is 2. The number of anilines is 1. The summed E-state index contributed by atoms with van der Waals surface area (Å²) in [5.74, 6) is 0.130. The molecule has 0 spiro atoms. The van der Waals surface area contributed by atoms with Crippen LogP contribution in [-0.2, 0) is 4.79 Å². The maximum atomic E-state index is 11.9. The number of nitro groups is 1. The standard InChI is InChI=1S/C17H26N4O3/c1-2-3-4-9-18-17(22)14-19-10-12-20(13-11-19)15-5-7-16(8-6-15)21(23)24/h5-8H,2-4,9-14H2,1H3,(H,18,22)/p+1. The van der Waals surface area contributed by atoms with Gasteiger partial charge in [-0.05, 0) is 18.6 Å². The monoisotopic (exact) mass is 335 g/mol. The summed E-state index contributed by atoms with van der Waals surface area (Å²) in [5.41, 5.74) is 1.12. The van der Waals surface area contributed by atoms with E-state index in [1.807, 2.05) is 0 Å². The first-order valence-corrected chi connectivity index (χ1v) is 8.70. The molecular weight excluding hydrogens is 308 g/mol. The van der Waals surface area contributed by atoms with Crippen LogP contribution >= 0.6 is 0 Å². The molecule has 1 aliphatic rings. The molecule has 0 atom stereocenters. The summed E-state index contributed by atoms with van der Waals surface area (Å²) in [4.78, 5) is 25.7. The van der Waals surface area contributed by atoms with Crippen molar-refractivity contribution < 1.29 is 14.6 Å². The third-order valence-electron chi connectivity index (χ3n) is 4.41. The number of nitro benzene ring substituents is 1. The van der Waals surface area contributed by atoms with E-state index in [-0.39, 0.29) is 16.5 Å². The van der Waals surface area contributed by atoms with Crippen LogP contribution in [0.1, 0.15) is 26.2 Å². The van der Waals surface area contributed by atoms with Crippen molar-refractivity contribution in [2.24, 2.45) is 0 Å². The Labute approximate surface area is 142 Å². The topological polar surface area (TPSA) is 79.9 Å². The van der Waals surface area contributed by atoms with Crippen LogP contribution in [-0.4, -0.2) is 50.1 Å². The second kappa shape index (κ2) is 9.22. The van der Waals surface area contributed by atoms with Crippen molar-refractivity contribution >= 4 is 17.3 Å². The first kappa shape index (κ1) is 18.2. The number of hydrogen-bond donors (Lipinski definition) is 2. The summed E-state index contributed by atoms with van der Waals surface area (Å²) in [5, 5.41) is 13.7. The molecule has 24 heavy (non-hydrogen) atoms. The number of unbranched alkanes of at least 4 members (excludes halogenated alkanes) is 2. The molecule has 1 aromatic carbocycles. The average Bonchev–Trinajstić information content (AvgIpc) is 2.59. The van der Waals surface area contributed by atoms with Crippen LogP contribution < -0.4 is 15.1 Å². The summed E-state index contributed by atoms with van der Waals surface area (Å²) in [6, 6.07) is 6.67. The van der Waals surface area contributed by atoms with Crippen LogP contribution in [0, 0.1) is 10.1 Å². The predicted molar refractivity (Wildman–Crippen MR) is 93.4 cm³/mol. The normalized spacial score (nSPS) is 15.3. The Hall–Kier alpha value is -2.15. The maximum absolute atomic E-state index is 11.9. The van der Waals surface area contributed by atoms with E-state index in [0.717, 1.165) is 57.7 Å². The Bertz CT molecular complexity index is 539. The van der Waals surface area contributed by atoms with Gasteiger partial charge < -0.3 is 15.1 Å². The molecule has 132 valence electrons. The number of non-ortho nitro benzene ring substituents is 1. The fraction of sp³-hybridized carbons (Fsp3) is 0.588. The molecule has 0 unspecified atom stereocenters. The number of rotatable bonds is 8. The van der Waals surface area contributed by atoms with Crippen molar-refractivity contribution in [3.63, 3.8) is 0 Å². The van der Waals surface area contributed by atoms with Gasteiger partial charge in [-0.1, -0.05) is 19.8 Å². The zero-order chi connectivity index (χ0) is 17.4. The number of hydrogen-bond acceptors (Lipinski definition) is 4. The van der Waals surface area contributed by atoms with E-state index in [4.69, 9.17) is 0 Å². The Morgan fingerprint density at radius 2 is 1.92 bits per heavy atom. The SMILES string of the molecule is CCCCCNC(=O)C[NH+]1CCN(c2ccc([N+](=O)[O-])cc2)CC1. The highest BCUT2D eigenvalue weighted by molar-refractivity contribution is 5.76. The molecule has 2 rings (SSSR count). The Kier molecular flexibility index (Phi) is 6.99. The van der Waals surface area contributed by atoms with Crippen LogP contribution in [0.25, 0.3) is 0 Å². The van der Waals surface area contributed by atoms with Gasteiger partial charge in [0.15, 0.2) is 6.54 Å². The summed E-state index contributed by atoms with van der Waals surface area (Å²) < 4.78 is 0. The van der Waals surface area contributed by atoms with Gasteiger partial charge in [0.05, 0.1) is 31.1 Å². The fourth-order valence-corrected chi connectivity index (χ4v) is 2.94. The molecular formula is C17H27N4O3+. The first-order chi connectivity index (χ1) is 11.6. The van der Waals surface area contributed by atoms with E-state index in [1.54, 1.807) is 12.1 Å². The highest BCUT2D eigenvalue weighted by atomic mass is 16.6. The van der Waals surface area contributed by atoms with Crippen LogP contribution in [0.15, 0.2) is 24.3 Å². The number of amides is 1. The number of carbonyl (C=O) groups is 1. The van der Waals surface area contributed by atoms with E-state index in [2.05, 4.69) is 17.1 Å². The van der Waals surface area contributed by atoms with Gasteiger partial charge in [0.1, 0.15) is 0 Å². The lowest BCUT2D eigenvalue weighted by Crippen LogP contribution is -3.15. The van der Waals surface area contributed by atoms with Crippen molar-refractivity contribution in [2.75, 3.05) is 44.2 Å². The summed E-state index contributed by atoms with van der Waals surface area (Å²) in [6.45, 7) is 6.97. The average molecular weight is 335 g/mol. The Morgan fingerprint density at radius 3 is 2.50 bits per heavy atom. The van der Waals surface area contributed by atoms with E-state index < -0.39 is 0 Å². The minimum atomic E-state index is -0.384. The highest BCUT2D eigenvalue weighted by Crippen LogP contribution is 2.19. The number of benzene rings is 1. The van der Waals surface area contributed by atoms with Gasteiger partial charge in [-0.2, -0.15) is 0 Å². The molecule has 0 bridgehead atoms. The molecule has 1 fully saturated rings. The lowest BCUT2D eigenvalue weighted by Gasteiger charge is -2.33. The number of carbonyl (C=O) groups excluding carboxylic acids is 1. The van der Waals surface area contributed by atoms with Crippen LogP contribution in [0.2, 0.25) is 0 Å². The third-order valence-corrected chi connectivity index (χ3v) is 4.41. The first-order valence-electron chi connectivity index (χ1n) is 8.70. The lowest BCUT2D eigenvalue weighted by atomic mass is 10.2. The third kappa shape index (κ3) is 5.49. The van der Waals surface area contributed by atoms with Crippen molar-refractivity contribution in [3.05, 3.63) is 34.4 Å². The minimum absolute atomic E-state index is 0.114. The fourth-order valence-electron chi connectivity index (χ4n) is 2.94. The van der Waals surface area contributed by atoms with Crippen LogP contribution in [0.5, 0.6) is 0 Å². The largest absolute Gasteiger partial charge is 0.360 e. The second-order valence-electron chi connectivity index (χ2n) is 6.24. The van der Waals surface area contributed by atoms with Gasteiger partial charge >= 0.3 is 0 Å². The van der Waals surface area contributed by atoms with Crippen molar-refractivity contribution in [1.29, 1.82) is 0 Å². The highest BCUT2D eigenvalue weighted by Gasteiger charge is 2.22. The van der Waals surface area contributed by atoms with E-state index in [0.29, 0.717) is 6.54 Å². The Balaban J connectivity index is 1.73. The number of quaternary nitrogens is 1. The van der Waals surface area contributed by atoms with Crippen LogP contribution in [0.4, 0.5) is 11.4 Å². The smallest absolute Gasteiger partial charge is 0.275 e. The molecule has 2 N–H and O–H groups in total. The molecule has 0 radical (unpaired) electrons. The van der Waals surface area contributed by atoms with E-state index in [1.165, 1.54) is 17.0 Å². The summed E-state index contributed by atoms with van der Waals surface area (Å²) in [7, 11) is 0. The zero-order valence-corrected chi connectivity index (χ0v) is 14.3. The summed E-state index contributed by atoms with van der Waals surface area (Å²) >= 11 is 0. The molecule has 1 aliphatic heterocycles. The maximum Gasteiger partial charge on any atom is 0.275 e. The van der Waals surface area contributed by atoms with E-state index in [9.17, 15) is 14.9 Å². The van der Waals surface area contributed by atoms with E-state index >= 15 is 0 Å². The number of nitrogens with zero attached hydrogens (tertiary/aromatic N) is 2. The minimum Gasteiger partial charge on any atom is -0.360 e. The van der Waals surface area contributed by atoms with Gasteiger partial charge in [-0.25, -0.2) is 0 Å². The van der Waals surface area contributed by atoms with Gasteiger partial charge in [-0.3, -0.25) is 14.9 Å². The molecule has 1 aromatic rings. The summed E-state index contributed by atoms with van der Waals surface area (Å²) in [6.07, 6.45) is 3.36. The quantitative estimate of drug-likeness (QED) is 0.414.